The molecule has 0 radical (unpaired) electrons. The zero-order valence-corrected chi connectivity index (χ0v) is 17.4. The first kappa shape index (κ1) is 18.5. The largest absolute Gasteiger partial charge is 0.298 e. The van der Waals surface area contributed by atoms with Gasteiger partial charge in [0.05, 0.1) is 16.7 Å². The van der Waals surface area contributed by atoms with Crippen LogP contribution in [0.4, 0.5) is 0 Å². The first-order valence-corrected chi connectivity index (χ1v) is 10.8. The number of carbonyl (C=O) groups excluding carboxylic acids is 2. The van der Waals surface area contributed by atoms with Crippen molar-refractivity contribution in [2.75, 3.05) is 0 Å². The molecule has 148 valence electrons. The summed E-state index contributed by atoms with van der Waals surface area (Å²) in [4.78, 5) is 27.9. The Hall–Kier alpha value is -2.48. The van der Waals surface area contributed by atoms with Gasteiger partial charge in [0.25, 0.3) is 0 Å². The maximum Gasteiger partial charge on any atom is 0.149 e. The number of hydrogen-bond donors (Lipinski definition) is 0. The first-order chi connectivity index (χ1) is 13.9. The third-order valence-corrected chi connectivity index (χ3v) is 8.05. The van der Waals surface area contributed by atoms with Crippen LogP contribution in [0.1, 0.15) is 51.2 Å². The molecule has 2 aromatic rings. The number of carbonyl (C=O) groups is 2. The zero-order chi connectivity index (χ0) is 20.4. The fourth-order valence-electron chi connectivity index (χ4n) is 6.62. The predicted octanol–water partition coefficient (Wildman–Crippen LogP) is 5.51. The summed E-state index contributed by atoms with van der Waals surface area (Å²) in [7, 11) is 0. The minimum absolute atomic E-state index is 0.239. The quantitative estimate of drug-likeness (QED) is 0.637. The highest BCUT2D eigenvalue weighted by atomic mass is 16.2. The van der Waals surface area contributed by atoms with Crippen LogP contribution in [0.3, 0.4) is 0 Å². The molecule has 0 unspecified atom stereocenters. The van der Waals surface area contributed by atoms with Crippen molar-refractivity contribution in [3.8, 4) is 0 Å². The van der Waals surface area contributed by atoms with Crippen LogP contribution in [0.2, 0.25) is 0 Å². The summed E-state index contributed by atoms with van der Waals surface area (Å²) in [5.41, 5.74) is 1.49. The van der Waals surface area contributed by atoms with Crippen molar-refractivity contribution in [1.29, 1.82) is 0 Å². The minimum atomic E-state index is -0.678. The summed E-state index contributed by atoms with van der Waals surface area (Å²) in [6, 6.07) is 20.4. The van der Waals surface area contributed by atoms with Gasteiger partial charge in [0.1, 0.15) is 11.6 Å². The van der Waals surface area contributed by atoms with Crippen LogP contribution in [0.5, 0.6) is 0 Å². The number of allylic oxidation sites excluding steroid dienone is 2. The molecular weight excluding hydrogens is 356 g/mol. The maximum atomic E-state index is 14.0. The van der Waals surface area contributed by atoms with Crippen molar-refractivity contribution in [2.24, 2.45) is 22.7 Å². The molecule has 3 aliphatic carbocycles. The summed E-state index contributed by atoms with van der Waals surface area (Å²) < 4.78 is 0. The highest BCUT2D eigenvalue weighted by Gasteiger charge is 2.86. The number of ketones is 2. The molecule has 0 bridgehead atoms. The Morgan fingerprint density at radius 2 is 1.38 bits per heavy atom. The topological polar surface area (TPSA) is 34.1 Å². The number of benzene rings is 2. The molecule has 2 nitrogen and oxygen atoms in total. The molecule has 5 rings (SSSR count). The highest BCUT2D eigenvalue weighted by Crippen LogP contribution is 2.79. The smallest absolute Gasteiger partial charge is 0.149 e. The lowest BCUT2D eigenvalue weighted by Gasteiger charge is -2.47. The second-order valence-corrected chi connectivity index (χ2v) is 9.44. The van der Waals surface area contributed by atoms with E-state index in [1.54, 1.807) is 0 Å². The number of Topliss-reactive ketones (excluding diaryl/α,β-unsaturated/α-hetero) is 2. The maximum absolute atomic E-state index is 14.0. The van der Waals surface area contributed by atoms with Crippen LogP contribution in [0, 0.1) is 22.7 Å². The van der Waals surface area contributed by atoms with E-state index in [4.69, 9.17) is 0 Å². The van der Waals surface area contributed by atoms with Gasteiger partial charge in [0, 0.05) is 11.3 Å². The van der Waals surface area contributed by atoms with Crippen molar-refractivity contribution in [2.45, 2.75) is 45.4 Å². The highest BCUT2D eigenvalue weighted by molar-refractivity contribution is 6.15. The Morgan fingerprint density at radius 1 is 0.828 bits per heavy atom. The number of unbranched alkanes of at least 4 members (excludes halogenated alkanes) is 1. The molecule has 2 aromatic carbocycles. The SMILES string of the molecule is CCCCC1=C[C@]2(C)C(=O)[C@H]3C(c4ccccc4)(c4ccccc4)[C@@]3(C)C(=O)[C@H]12. The van der Waals surface area contributed by atoms with Crippen LogP contribution < -0.4 is 0 Å². The van der Waals surface area contributed by atoms with Crippen molar-refractivity contribution >= 4 is 11.6 Å². The first-order valence-electron chi connectivity index (χ1n) is 10.8. The van der Waals surface area contributed by atoms with Gasteiger partial charge in [-0.2, -0.15) is 0 Å². The summed E-state index contributed by atoms with van der Waals surface area (Å²) in [5.74, 6) is -0.0157. The number of fused-ring (bicyclic) bond motifs is 2. The Kier molecular flexibility index (Phi) is 3.84. The summed E-state index contributed by atoms with van der Waals surface area (Å²) in [5, 5.41) is 0. The summed E-state index contributed by atoms with van der Waals surface area (Å²) in [6.45, 7) is 6.21. The van der Waals surface area contributed by atoms with E-state index >= 15 is 0 Å². The second kappa shape index (κ2) is 6.01. The average molecular weight is 385 g/mol. The third kappa shape index (κ3) is 2.02. The van der Waals surface area contributed by atoms with Gasteiger partial charge in [-0.3, -0.25) is 9.59 Å². The van der Waals surface area contributed by atoms with Crippen LogP contribution in [-0.4, -0.2) is 11.6 Å². The van der Waals surface area contributed by atoms with Gasteiger partial charge in [0.2, 0.25) is 0 Å². The lowest BCUT2D eigenvalue weighted by atomic mass is 9.52. The van der Waals surface area contributed by atoms with Gasteiger partial charge >= 0.3 is 0 Å². The van der Waals surface area contributed by atoms with E-state index in [1.807, 2.05) is 50.2 Å². The minimum Gasteiger partial charge on any atom is -0.298 e. The fraction of sp³-hybridized carbons (Fsp3) is 0.407. The lowest BCUT2D eigenvalue weighted by molar-refractivity contribution is -0.146. The van der Waals surface area contributed by atoms with E-state index in [1.165, 1.54) is 5.57 Å². The molecule has 0 aliphatic heterocycles. The molecule has 0 heterocycles. The third-order valence-electron chi connectivity index (χ3n) is 8.05. The van der Waals surface area contributed by atoms with Gasteiger partial charge in [-0.15, -0.1) is 0 Å². The van der Waals surface area contributed by atoms with E-state index in [-0.39, 0.29) is 23.4 Å². The van der Waals surface area contributed by atoms with Crippen LogP contribution in [0.15, 0.2) is 72.3 Å². The van der Waals surface area contributed by atoms with E-state index in [0.717, 1.165) is 30.4 Å². The molecule has 2 fully saturated rings. The van der Waals surface area contributed by atoms with Gasteiger partial charge in [-0.25, -0.2) is 0 Å². The van der Waals surface area contributed by atoms with E-state index < -0.39 is 16.2 Å². The molecule has 0 saturated heterocycles. The number of hydrogen-bond acceptors (Lipinski definition) is 2. The average Bonchev–Trinajstić information content (AvgIpc) is 3.33. The van der Waals surface area contributed by atoms with Crippen molar-refractivity contribution in [3.05, 3.63) is 83.4 Å². The zero-order valence-electron chi connectivity index (χ0n) is 17.4. The van der Waals surface area contributed by atoms with E-state index in [0.29, 0.717) is 0 Å². The summed E-state index contributed by atoms with van der Waals surface area (Å²) in [6.07, 6.45) is 5.22. The predicted molar refractivity (Wildman–Crippen MR) is 114 cm³/mol. The van der Waals surface area contributed by atoms with Gasteiger partial charge in [0.15, 0.2) is 0 Å². The lowest BCUT2D eigenvalue weighted by Crippen LogP contribution is -2.54. The Bertz CT molecular complexity index is 980. The van der Waals surface area contributed by atoms with E-state index in [2.05, 4.69) is 37.3 Å². The molecule has 0 aromatic heterocycles. The normalized spacial score (nSPS) is 34.0. The van der Waals surface area contributed by atoms with Crippen molar-refractivity contribution < 1.29 is 9.59 Å². The van der Waals surface area contributed by atoms with E-state index in [9.17, 15) is 9.59 Å². The Balaban J connectivity index is 1.69. The van der Waals surface area contributed by atoms with Gasteiger partial charge < -0.3 is 0 Å². The molecule has 3 aliphatic rings. The van der Waals surface area contributed by atoms with Gasteiger partial charge in [-0.05, 0) is 30.9 Å². The fourth-order valence-corrected chi connectivity index (χ4v) is 6.62. The van der Waals surface area contributed by atoms with Crippen LogP contribution in [-0.2, 0) is 15.0 Å². The van der Waals surface area contributed by atoms with Crippen LogP contribution in [0.25, 0.3) is 0 Å². The molecule has 4 atom stereocenters. The standard InChI is InChI=1S/C27H28O2/c1-4-5-12-18-17-25(2)21(18)23(28)26(3)22(24(25)29)27(26,19-13-8-6-9-14-19)20-15-10-7-11-16-20/h6-11,13-17,21-22H,4-5,12H2,1-3H3/t21-,22+,25-,26+/m0/s1. The van der Waals surface area contributed by atoms with Crippen LogP contribution >= 0.6 is 0 Å². The van der Waals surface area contributed by atoms with Crippen molar-refractivity contribution in [1.82, 2.24) is 0 Å². The molecule has 2 saturated carbocycles. The Morgan fingerprint density at radius 3 is 1.90 bits per heavy atom. The van der Waals surface area contributed by atoms with Crippen molar-refractivity contribution in [3.63, 3.8) is 0 Å². The molecule has 0 N–H and O–H groups in total. The molecule has 0 spiro atoms. The molecule has 2 heteroatoms. The number of rotatable bonds is 5. The summed E-state index contributed by atoms with van der Waals surface area (Å²) >= 11 is 0. The Labute approximate surface area is 173 Å². The molecule has 29 heavy (non-hydrogen) atoms. The molecule has 0 amide bonds. The molecular formula is C27H28O2. The second-order valence-electron chi connectivity index (χ2n) is 9.44. The monoisotopic (exact) mass is 384 g/mol. The van der Waals surface area contributed by atoms with Gasteiger partial charge in [-0.1, -0.05) is 92.6 Å².